The quantitative estimate of drug-likeness (QED) is 0.0372. The Balaban J connectivity index is 0.919. The molecule has 2 atom stereocenters. The number of aromatic amines is 1. The number of aromatic hydroxyl groups is 1. The van der Waals surface area contributed by atoms with Crippen LogP contribution in [0.1, 0.15) is 100 Å². The van der Waals surface area contributed by atoms with Crippen molar-refractivity contribution in [3.63, 3.8) is 0 Å². The number of ether oxygens (including phenoxy) is 2. The molecule has 4 aromatic rings. The number of methoxy groups -OCH3 is 1. The molecule has 8 rings (SSSR count). The number of esters is 1. The predicted molar refractivity (Wildman–Crippen MR) is 257 cm³/mol. The van der Waals surface area contributed by atoms with Crippen LogP contribution < -0.4 is 26.2 Å². The number of anilines is 1. The average molecular weight is 915 g/mol. The number of carbonyl (C=O) groups excluding carboxylic acids is 2. The van der Waals surface area contributed by atoms with Gasteiger partial charge in [0.15, 0.2) is 8.32 Å². The fourth-order valence-corrected chi connectivity index (χ4v) is 11.1. The maximum absolute atomic E-state index is 14.0. The standard InChI is InChI=1S/C50H68ClN5O7Si/c1-49(2,3)64(5,6)63-43(37-15-17-41(57)47-38(37)16-18-45(58)55-47)30-52-29-35-27-39(51)40(28-42(35)61-4)54-31-46(59)53-23-11-13-33-12-10-14-36(26-33)50(21-8-7-9-22-50)48(60)62-44-32-56-24-19-34(44)20-25-56/h10,12,14-18,26-28,34,43-44,52,54,57H,7-9,11,13,19-25,29-32H2,1-6H3,(H,53,59)(H,55,58)/t43-,44+/m1/s1. The highest BCUT2D eigenvalue weighted by Crippen LogP contribution is 2.44. The summed E-state index contributed by atoms with van der Waals surface area (Å²) in [5, 5.41) is 21.4. The Morgan fingerprint density at radius 2 is 1.80 bits per heavy atom. The third kappa shape index (κ3) is 11.0. The van der Waals surface area contributed by atoms with Crippen LogP contribution in [0.3, 0.4) is 0 Å². The minimum absolute atomic E-state index is 0.00137. The van der Waals surface area contributed by atoms with Crippen LogP contribution >= 0.6 is 11.6 Å². The lowest BCUT2D eigenvalue weighted by Gasteiger charge is -2.45. The third-order valence-electron chi connectivity index (χ3n) is 14.3. The van der Waals surface area contributed by atoms with Gasteiger partial charge in [0.2, 0.25) is 11.5 Å². The molecule has 3 aliphatic heterocycles. The second-order valence-electron chi connectivity index (χ2n) is 19.7. The first kappa shape index (κ1) is 47.6. The van der Waals surface area contributed by atoms with E-state index in [1.54, 1.807) is 25.3 Å². The summed E-state index contributed by atoms with van der Waals surface area (Å²) in [5.74, 6) is 0.908. The third-order valence-corrected chi connectivity index (χ3v) is 19.1. The van der Waals surface area contributed by atoms with Gasteiger partial charge in [0.05, 0.1) is 41.4 Å². The number of amides is 1. The van der Waals surface area contributed by atoms with Crippen LogP contribution in [0.15, 0.2) is 65.5 Å². The molecule has 1 saturated carbocycles. The maximum atomic E-state index is 14.0. The molecule has 14 heteroatoms. The monoisotopic (exact) mass is 913 g/mol. The van der Waals surface area contributed by atoms with Crippen LogP contribution in [0.4, 0.5) is 5.69 Å². The van der Waals surface area contributed by atoms with Crippen LogP contribution in [-0.4, -0.2) is 87.7 Å². The summed E-state index contributed by atoms with van der Waals surface area (Å²) < 4.78 is 19.1. The molecule has 0 unspecified atom stereocenters. The number of carbonyl (C=O) groups is 2. The number of aryl methyl sites for hydroxylation is 1. The van der Waals surface area contributed by atoms with Crippen LogP contribution in [0.25, 0.3) is 10.9 Å². The van der Waals surface area contributed by atoms with E-state index in [-0.39, 0.29) is 47.0 Å². The van der Waals surface area contributed by atoms with Crippen molar-refractivity contribution in [1.29, 1.82) is 0 Å². The van der Waals surface area contributed by atoms with Gasteiger partial charge in [-0.3, -0.25) is 19.3 Å². The number of hydrogen-bond acceptors (Lipinski definition) is 10. The van der Waals surface area contributed by atoms with Gasteiger partial charge in [-0.1, -0.05) is 82.0 Å². The normalized spacial score (nSPS) is 20.1. The number of phenolic OH excluding ortho intramolecular Hbond substituents is 1. The number of halogens is 1. The Morgan fingerprint density at radius 1 is 1.03 bits per heavy atom. The first-order valence-corrected chi connectivity index (χ1v) is 26.5. The molecule has 0 spiro atoms. The molecule has 1 amide bonds. The van der Waals surface area contributed by atoms with Crippen molar-refractivity contribution in [2.75, 3.05) is 51.7 Å². The topological polar surface area (TPSA) is 154 Å². The van der Waals surface area contributed by atoms with E-state index in [0.29, 0.717) is 47.5 Å². The number of rotatable bonds is 18. The fourth-order valence-electron chi connectivity index (χ4n) is 9.53. The van der Waals surface area contributed by atoms with E-state index in [0.717, 1.165) is 105 Å². The molecule has 2 bridgehead atoms. The number of nitrogens with one attached hydrogen (secondary N) is 4. The molecule has 4 heterocycles. The van der Waals surface area contributed by atoms with Gasteiger partial charge in [0.1, 0.15) is 17.6 Å². The molecule has 346 valence electrons. The van der Waals surface area contributed by atoms with Crippen molar-refractivity contribution >= 4 is 48.4 Å². The van der Waals surface area contributed by atoms with Crippen LogP contribution in [0.5, 0.6) is 11.5 Å². The molecule has 4 fully saturated rings. The van der Waals surface area contributed by atoms with Gasteiger partial charge < -0.3 is 39.9 Å². The number of hydrogen-bond donors (Lipinski definition) is 5. The summed E-state index contributed by atoms with van der Waals surface area (Å²) in [5.41, 5.74) is 4.00. The van der Waals surface area contributed by atoms with Crippen molar-refractivity contribution in [1.82, 2.24) is 20.5 Å². The Kier molecular flexibility index (Phi) is 15.2. The summed E-state index contributed by atoms with van der Waals surface area (Å²) in [6.07, 6.45) is 8.25. The van der Waals surface area contributed by atoms with Crippen LogP contribution in [0, 0.1) is 5.92 Å². The molecular formula is C50H68ClN5O7Si. The lowest BCUT2D eigenvalue weighted by molar-refractivity contribution is -0.167. The summed E-state index contributed by atoms with van der Waals surface area (Å²) in [6, 6.07) is 18.8. The van der Waals surface area contributed by atoms with E-state index in [1.807, 2.05) is 12.1 Å². The first-order valence-electron chi connectivity index (χ1n) is 23.2. The van der Waals surface area contributed by atoms with Crippen molar-refractivity contribution < 1.29 is 28.6 Å². The molecular weight excluding hydrogens is 846 g/mol. The molecule has 1 aromatic heterocycles. The molecule has 1 aliphatic carbocycles. The highest BCUT2D eigenvalue weighted by molar-refractivity contribution is 6.74. The number of fused-ring (bicyclic) bond motifs is 4. The maximum Gasteiger partial charge on any atom is 0.316 e. The summed E-state index contributed by atoms with van der Waals surface area (Å²) in [7, 11) is -0.667. The minimum atomic E-state index is -2.27. The summed E-state index contributed by atoms with van der Waals surface area (Å²) in [4.78, 5) is 44.4. The lowest BCUT2D eigenvalue weighted by Crippen LogP contribution is -2.53. The predicted octanol–water partition coefficient (Wildman–Crippen LogP) is 8.75. The summed E-state index contributed by atoms with van der Waals surface area (Å²) >= 11 is 6.79. The number of nitrogens with zero attached hydrogens (tertiary/aromatic N) is 1. The zero-order chi connectivity index (χ0) is 45.6. The highest BCUT2D eigenvalue weighted by Gasteiger charge is 2.46. The molecule has 4 aliphatic rings. The van der Waals surface area contributed by atoms with Gasteiger partial charge in [0.25, 0.3) is 0 Å². The minimum Gasteiger partial charge on any atom is -0.506 e. The molecule has 3 aromatic carbocycles. The number of phenols is 1. The average Bonchev–Trinajstić information content (AvgIpc) is 3.28. The zero-order valence-corrected chi connectivity index (χ0v) is 40.3. The molecule has 5 N–H and O–H groups in total. The fraction of sp³-hybridized carbons (Fsp3) is 0.540. The highest BCUT2D eigenvalue weighted by atomic mass is 35.5. The zero-order valence-electron chi connectivity index (χ0n) is 38.5. The molecule has 3 saturated heterocycles. The Hall–Kier alpha value is -4.40. The van der Waals surface area contributed by atoms with Gasteiger partial charge in [-0.2, -0.15) is 0 Å². The van der Waals surface area contributed by atoms with Gasteiger partial charge in [0, 0.05) is 49.3 Å². The lowest BCUT2D eigenvalue weighted by atomic mass is 9.69. The van der Waals surface area contributed by atoms with E-state index in [9.17, 15) is 19.5 Å². The number of pyridine rings is 1. The Bertz CT molecular complexity index is 2330. The number of piperidine rings is 3. The first-order chi connectivity index (χ1) is 30.6. The second-order valence-corrected chi connectivity index (χ2v) is 24.8. The smallest absolute Gasteiger partial charge is 0.316 e. The van der Waals surface area contributed by atoms with Gasteiger partial charge in [-0.25, -0.2) is 0 Å². The van der Waals surface area contributed by atoms with E-state index in [2.05, 4.69) is 84.0 Å². The van der Waals surface area contributed by atoms with Crippen LogP contribution in [-0.2, 0) is 37.1 Å². The largest absolute Gasteiger partial charge is 0.506 e. The van der Waals surface area contributed by atoms with E-state index in [4.69, 9.17) is 25.5 Å². The molecule has 12 nitrogen and oxygen atoms in total. The van der Waals surface area contributed by atoms with Gasteiger partial charge >= 0.3 is 5.97 Å². The van der Waals surface area contributed by atoms with Crippen molar-refractivity contribution in [2.45, 2.75) is 121 Å². The van der Waals surface area contributed by atoms with Crippen LogP contribution in [0.2, 0.25) is 23.2 Å². The molecule has 64 heavy (non-hydrogen) atoms. The van der Waals surface area contributed by atoms with E-state index >= 15 is 0 Å². The number of aromatic nitrogens is 1. The Morgan fingerprint density at radius 3 is 2.50 bits per heavy atom. The van der Waals surface area contributed by atoms with E-state index < -0.39 is 13.7 Å². The molecule has 0 radical (unpaired) electrons. The number of benzene rings is 3. The van der Waals surface area contributed by atoms with Crippen molar-refractivity contribution in [3.8, 4) is 11.5 Å². The van der Waals surface area contributed by atoms with Gasteiger partial charge in [-0.15, -0.1) is 0 Å². The van der Waals surface area contributed by atoms with E-state index in [1.165, 1.54) is 6.07 Å². The van der Waals surface area contributed by atoms with Crippen molar-refractivity contribution in [3.05, 3.63) is 98.3 Å². The summed E-state index contributed by atoms with van der Waals surface area (Å²) in [6.45, 7) is 15.5. The van der Waals surface area contributed by atoms with Gasteiger partial charge in [-0.05, 0) is 111 Å². The Labute approximate surface area is 384 Å². The SMILES string of the molecule is COc1cc(NCC(=O)NCCCc2cccc(C3(C(=O)O[C@H]4CN5CCC4CC5)CCCCC3)c2)c(Cl)cc1CNC[C@@H](O[Si](C)(C)C(C)(C)C)c1ccc(O)c2[nH]c(=O)ccc12. The number of H-pyrrole nitrogens is 1. The second kappa shape index (κ2) is 20.4. The van der Waals surface area contributed by atoms with Crippen molar-refractivity contribution in [2.24, 2.45) is 5.92 Å².